The van der Waals surface area contributed by atoms with Crippen molar-refractivity contribution in [1.82, 2.24) is 9.47 Å². The summed E-state index contributed by atoms with van der Waals surface area (Å²) in [6.07, 6.45) is 1.36. The minimum atomic E-state index is -1.46. The highest BCUT2D eigenvalue weighted by Gasteiger charge is 2.35. The number of nitro groups is 1. The first kappa shape index (κ1) is 22.8. The van der Waals surface area contributed by atoms with Crippen LogP contribution < -0.4 is 10.5 Å². The van der Waals surface area contributed by atoms with Gasteiger partial charge in [0.15, 0.2) is 11.8 Å². The molecule has 1 atom stereocenters. The van der Waals surface area contributed by atoms with Crippen LogP contribution >= 0.6 is 0 Å². The summed E-state index contributed by atoms with van der Waals surface area (Å²) in [6, 6.07) is 14.1. The van der Waals surface area contributed by atoms with Gasteiger partial charge in [0.1, 0.15) is 5.82 Å². The molecule has 0 saturated carbocycles. The number of amides is 1. The van der Waals surface area contributed by atoms with Crippen LogP contribution in [0.3, 0.4) is 0 Å². The number of piperazine rings is 1. The molecule has 1 amide bonds. The van der Waals surface area contributed by atoms with E-state index in [0.717, 1.165) is 4.57 Å². The maximum Gasteiger partial charge on any atom is 0.269 e. The van der Waals surface area contributed by atoms with Crippen LogP contribution in [-0.4, -0.2) is 52.3 Å². The number of non-ortho nitro benzene ring substituents is 1. The maximum atomic E-state index is 14.1. The summed E-state index contributed by atoms with van der Waals surface area (Å²) in [4.78, 5) is 53.0. The van der Waals surface area contributed by atoms with Gasteiger partial charge in [0, 0.05) is 56.1 Å². The molecule has 0 bridgehead atoms. The Morgan fingerprint density at radius 2 is 1.56 bits per heavy atom. The lowest BCUT2D eigenvalue weighted by atomic mass is 10.0. The molecule has 0 aliphatic carbocycles. The van der Waals surface area contributed by atoms with Gasteiger partial charge in [-0.25, -0.2) is 4.39 Å². The first-order valence-corrected chi connectivity index (χ1v) is 10.6. The number of pyridine rings is 1. The van der Waals surface area contributed by atoms with Crippen LogP contribution in [0.25, 0.3) is 0 Å². The number of ketones is 1. The molecule has 1 aliphatic rings. The summed E-state index contributed by atoms with van der Waals surface area (Å²) in [5, 5.41) is 10.9. The average Bonchev–Trinajstić information content (AvgIpc) is 2.85. The third-order valence-corrected chi connectivity index (χ3v) is 5.76. The van der Waals surface area contributed by atoms with Crippen molar-refractivity contribution < 1.29 is 18.9 Å². The number of Topliss-reactive ketones (excluding diaryl/α,β-unsaturated/α-hetero) is 1. The molecule has 1 fully saturated rings. The molecule has 10 heteroatoms. The Balaban J connectivity index is 1.60. The zero-order valence-corrected chi connectivity index (χ0v) is 18.0. The highest BCUT2D eigenvalue weighted by molar-refractivity contribution is 6.12. The predicted molar refractivity (Wildman–Crippen MR) is 122 cm³/mol. The minimum Gasteiger partial charge on any atom is -0.366 e. The number of hydrogen-bond donors (Lipinski definition) is 0. The second-order valence-electron chi connectivity index (χ2n) is 7.78. The van der Waals surface area contributed by atoms with Crippen molar-refractivity contribution in [3.63, 3.8) is 0 Å². The van der Waals surface area contributed by atoms with E-state index in [4.69, 9.17) is 0 Å². The lowest BCUT2D eigenvalue weighted by molar-refractivity contribution is -0.384. The number of halogens is 1. The fourth-order valence-corrected chi connectivity index (χ4v) is 3.96. The van der Waals surface area contributed by atoms with E-state index in [1.165, 1.54) is 53.6 Å². The Bertz CT molecular complexity index is 1280. The first-order chi connectivity index (χ1) is 16.4. The topological polar surface area (TPSA) is 106 Å². The molecular formula is C24H21FN4O5. The van der Waals surface area contributed by atoms with Crippen molar-refractivity contribution >= 4 is 23.1 Å². The van der Waals surface area contributed by atoms with Crippen LogP contribution in [0.4, 0.5) is 15.8 Å². The molecule has 1 aliphatic heterocycles. The van der Waals surface area contributed by atoms with E-state index in [9.17, 15) is 28.9 Å². The molecule has 34 heavy (non-hydrogen) atoms. The molecule has 2 aromatic carbocycles. The predicted octanol–water partition coefficient (Wildman–Crippen LogP) is 2.67. The lowest BCUT2D eigenvalue weighted by Crippen LogP contribution is -2.52. The van der Waals surface area contributed by atoms with Gasteiger partial charge >= 0.3 is 0 Å². The second-order valence-corrected chi connectivity index (χ2v) is 7.78. The standard InChI is InChI=1S/C24H21FN4O5/c25-19-5-1-2-6-20(19)26-13-15-27(16-14-26)24(32)22(28-12-4-3-7-21(28)30)23(31)17-8-10-18(11-9-17)29(33)34/h1-12,22H,13-16H2. The van der Waals surface area contributed by atoms with E-state index in [2.05, 4.69) is 0 Å². The number of benzene rings is 2. The fourth-order valence-electron chi connectivity index (χ4n) is 3.96. The van der Waals surface area contributed by atoms with Gasteiger partial charge < -0.3 is 9.80 Å². The molecule has 0 N–H and O–H groups in total. The van der Waals surface area contributed by atoms with Gasteiger partial charge in [0.25, 0.3) is 17.2 Å². The second kappa shape index (κ2) is 9.65. The Labute approximate surface area is 193 Å². The number of para-hydroxylation sites is 1. The van der Waals surface area contributed by atoms with Crippen LogP contribution in [0.5, 0.6) is 0 Å². The molecule has 1 unspecified atom stereocenters. The van der Waals surface area contributed by atoms with Gasteiger partial charge in [-0.05, 0) is 30.3 Å². The first-order valence-electron chi connectivity index (χ1n) is 10.6. The summed E-state index contributed by atoms with van der Waals surface area (Å²) in [5.74, 6) is -1.57. The zero-order valence-electron chi connectivity index (χ0n) is 18.0. The lowest BCUT2D eigenvalue weighted by Gasteiger charge is -2.37. The normalized spacial score (nSPS) is 14.5. The number of carbonyl (C=O) groups is 2. The number of anilines is 1. The molecule has 0 radical (unpaired) electrons. The van der Waals surface area contributed by atoms with Gasteiger partial charge in [-0.15, -0.1) is 0 Å². The number of rotatable bonds is 6. The SMILES string of the molecule is O=C(c1ccc([N+](=O)[O-])cc1)C(C(=O)N1CCN(c2ccccc2F)CC1)n1ccccc1=O. The summed E-state index contributed by atoms with van der Waals surface area (Å²) in [6.45, 7) is 1.18. The van der Waals surface area contributed by atoms with Crippen molar-refractivity contribution in [1.29, 1.82) is 0 Å². The molecule has 1 aromatic heterocycles. The number of nitrogens with zero attached hydrogens (tertiary/aromatic N) is 4. The molecule has 0 spiro atoms. The van der Waals surface area contributed by atoms with Crippen molar-refractivity contribution in [2.45, 2.75) is 6.04 Å². The van der Waals surface area contributed by atoms with Gasteiger partial charge in [-0.3, -0.25) is 29.1 Å². The number of aromatic nitrogens is 1. The third-order valence-electron chi connectivity index (χ3n) is 5.76. The van der Waals surface area contributed by atoms with Gasteiger partial charge in [-0.2, -0.15) is 0 Å². The summed E-state index contributed by atoms with van der Waals surface area (Å²) >= 11 is 0. The molecule has 2 heterocycles. The van der Waals surface area contributed by atoms with Crippen LogP contribution in [0.2, 0.25) is 0 Å². The number of nitro benzene ring substituents is 1. The summed E-state index contributed by atoms with van der Waals surface area (Å²) < 4.78 is 15.2. The summed E-state index contributed by atoms with van der Waals surface area (Å²) in [5.41, 5.74) is -0.209. The largest absolute Gasteiger partial charge is 0.366 e. The van der Waals surface area contributed by atoms with E-state index in [1.807, 2.05) is 4.90 Å². The van der Waals surface area contributed by atoms with Gasteiger partial charge in [0.05, 0.1) is 10.6 Å². The molecule has 174 valence electrons. The van der Waals surface area contributed by atoms with Crippen LogP contribution in [0.15, 0.2) is 77.7 Å². The monoisotopic (exact) mass is 464 g/mol. The van der Waals surface area contributed by atoms with E-state index < -0.39 is 28.2 Å². The Hall–Kier alpha value is -4.34. The molecular weight excluding hydrogens is 443 g/mol. The highest BCUT2D eigenvalue weighted by Crippen LogP contribution is 2.23. The number of hydrogen-bond acceptors (Lipinski definition) is 6. The fraction of sp³-hybridized carbons (Fsp3) is 0.208. The quantitative estimate of drug-likeness (QED) is 0.240. The van der Waals surface area contributed by atoms with E-state index in [1.54, 1.807) is 24.3 Å². The molecule has 9 nitrogen and oxygen atoms in total. The molecule has 3 aromatic rings. The van der Waals surface area contributed by atoms with Crippen molar-refractivity contribution in [2.75, 3.05) is 31.1 Å². The van der Waals surface area contributed by atoms with E-state index in [0.29, 0.717) is 18.8 Å². The molecule has 4 rings (SSSR count). The zero-order chi connectivity index (χ0) is 24.2. The van der Waals surface area contributed by atoms with Crippen LogP contribution in [-0.2, 0) is 4.79 Å². The van der Waals surface area contributed by atoms with Gasteiger partial charge in [-0.1, -0.05) is 18.2 Å². The average molecular weight is 464 g/mol. The van der Waals surface area contributed by atoms with Crippen molar-refractivity contribution in [3.8, 4) is 0 Å². The Kier molecular flexibility index (Phi) is 6.48. The van der Waals surface area contributed by atoms with Crippen molar-refractivity contribution in [3.05, 3.63) is 105 Å². The highest BCUT2D eigenvalue weighted by atomic mass is 19.1. The van der Waals surface area contributed by atoms with Crippen molar-refractivity contribution in [2.24, 2.45) is 0 Å². The van der Waals surface area contributed by atoms with E-state index >= 15 is 0 Å². The van der Waals surface area contributed by atoms with Crippen LogP contribution in [0.1, 0.15) is 16.4 Å². The van der Waals surface area contributed by atoms with Gasteiger partial charge in [0.2, 0.25) is 0 Å². The Morgan fingerprint density at radius 3 is 2.18 bits per heavy atom. The number of carbonyl (C=O) groups excluding carboxylic acids is 2. The molecule has 1 saturated heterocycles. The Morgan fingerprint density at radius 1 is 0.912 bits per heavy atom. The van der Waals surface area contributed by atoms with Crippen LogP contribution in [0, 0.1) is 15.9 Å². The maximum absolute atomic E-state index is 14.1. The minimum absolute atomic E-state index is 0.0738. The smallest absolute Gasteiger partial charge is 0.269 e. The summed E-state index contributed by atoms with van der Waals surface area (Å²) in [7, 11) is 0. The van der Waals surface area contributed by atoms with E-state index in [-0.39, 0.29) is 30.2 Å². The third kappa shape index (κ3) is 4.56.